The predicted octanol–water partition coefficient (Wildman–Crippen LogP) is -1.56. The minimum Gasteiger partial charge on any atom is -0.333 e. The van der Waals surface area contributed by atoms with Gasteiger partial charge < -0.3 is 4.90 Å². The maximum absolute atomic E-state index is 10.8. The molecule has 1 N–H and O–H groups in total. The van der Waals surface area contributed by atoms with Crippen LogP contribution in [0.4, 0.5) is 0 Å². The summed E-state index contributed by atoms with van der Waals surface area (Å²) in [5.74, 6) is 0.273. The lowest BCUT2D eigenvalue weighted by Gasteiger charge is -2.11. The molecule has 0 radical (unpaired) electrons. The molecule has 0 aromatic carbocycles. The van der Waals surface area contributed by atoms with Gasteiger partial charge in [0.15, 0.2) is 9.84 Å². The molecule has 0 fully saturated rings. The second-order valence-electron chi connectivity index (χ2n) is 2.84. The monoisotopic (exact) mass is 162 g/mol. The van der Waals surface area contributed by atoms with Gasteiger partial charge in [0.05, 0.1) is 14.1 Å². The van der Waals surface area contributed by atoms with Crippen molar-refractivity contribution in [2.24, 2.45) is 0 Å². The Kier molecular flexibility index (Phi) is 1.83. The van der Waals surface area contributed by atoms with Gasteiger partial charge in [-0.1, -0.05) is 0 Å². The first-order valence-electron chi connectivity index (χ1n) is 3.22. The zero-order valence-corrected chi connectivity index (χ0v) is 6.98. The molecule has 0 amide bonds. The molecule has 3 nitrogen and oxygen atoms in total. The summed E-state index contributed by atoms with van der Waals surface area (Å²) in [7, 11) is 1.07. The van der Waals surface area contributed by atoms with E-state index in [9.17, 15) is 8.42 Å². The van der Waals surface area contributed by atoms with Crippen molar-refractivity contribution in [3.8, 4) is 0 Å². The van der Waals surface area contributed by atoms with Gasteiger partial charge in [0.25, 0.3) is 0 Å². The third-order valence-electron chi connectivity index (χ3n) is 1.67. The summed E-state index contributed by atoms with van der Waals surface area (Å²) in [5.41, 5.74) is 0. The quantitative estimate of drug-likeness (QED) is 0.506. The Hall–Kier alpha value is -0.350. The Morgan fingerprint density at radius 1 is 1.50 bits per heavy atom. The van der Waals surface area contributed by atoms with Crippen molar-refractivity contribution < 1.29 is 13.3 Å². The minimum absolute atomic E-state index is 0.157. The van der Waals surface area contributed by atoms with Crippen molar-refractivity contribution in [2.75, 3.05) is 19.8 Å². The van der Waals surface area contributed by atoms with E-state index in [2.05, 4.69) is 0 Å². The van der Waals surface area contributed by atoms with Crippen LogP contribution < -0.4 is 4.90 Å². The molecule has 0 aromatic rings. The molecule has 4 heteroatoms. The molecule has 1 heterocycles. The van der Waals surface area contributed by atoms with Crippen LogP contribution >= 0.6 is 0 Å². The largest absolute Gasteiger partial charge is 0.333 e. The highest BCUT2D eigenvalue weighted by atomic mass is 32.2. The molecule has 0 bridgehead atoms. The fraction of sp³-hybridized carbons (Fsp3) is 0.667. The summed E-state index contributed by atoms with van der Waals surface area (Å²) < 4.78 is 21.7. The summed E-state index contributed by atoms with van der Waals surface area (Å²) in [4.78, 5) is 1.16. The van der Waals surface area contributed by atoms with Gasteiger partial charge in [-0.25, -0.2) is 8.42 Å². The molecule has 1 aliphatic rings. The third-order valence-corrected chi connectivity index (χ3v) is 3.07. The van der Waals surface area contributed by atoms with Crippen LogP contribution in [0.1, 0.15) is 0 Å². The lowest BCUT2D eigenvalue weighted by atomic mass is 10.3. The first kappa shape index (κ1) is 7.75. The van der Waals surface area contributed by atoms with Gasteiger partial charge in [-0.3, -0.25) is 0 Å². The van der Waals surface area contributed by atoms with Crippen molar-refractivity contribution in [1.29, 1.82) is 0 Å². The highest BCUT2D eigenvalue weighted by Crippen LogP contribution is 2.04. The van der Waals surface area contributed by atoms with Crippen LogP contribution in [-0.4, -0.2) is 34.3 Å². The number of sulfone groups is 1. The van der Waals surface area contributed by atoms with Gasteiger partial charge >= 0.3 is 0 Å². The van der Waals surface area contributed by atoms with Crippen molar-refractivity contribution in [1.82, 2.24) is 0 Å². The van der Waals surface area contributed by atoms with Gasteiger partial charge in [-0.05, 0) is 6.08 Å². The normalized spacial score (nSPS) is 29.7. The highest BCUT2D eigenvalue weighted by Gasteiger charge is 2.25. The van der Waals surface area contributed by atoms with E-state index in [-0.39, 0.29) is 11.8 Å². The van der Waals surface area contributed by atoms with Crippen LogP contribution in [0, 0.1) is 0 Å². The van der Waals surface area contributed by atoms with Crippen molar-refractivity contribution in [2.45, 2.75) is 6.04 Å². The summed E-state index contributed by atoms with van der Waals surface area (Å²) in [6.45, 7) is 0. The maximum Gasteiger partial charge on any atom is 0.177 e. The molecule has 1 aliphatic heterocycles. The van der Waals surface area contributed by atoms with E-state index in [0.717, 1.165) is 4.90 Å². The second-order valence-corrected chi connectivity index (χ2v) is 4.77. The smallest absolute Gasteiger partial charge is 0.177 e. The molecular formula is C6H12NO2S+. The highest BCUT2D eigenvalue weighted by molar-refractivity contribution is 7.94. The summed E-state index contributed by atoms with van der Waals surface area (Å²) >= 11 is 0. The molecule has 0 aliphatic carbocycles. The zero-order chi connectivity index (χ0) is 7.78. The molecule has 0 spiro atoms. The van der Waals surface area contributed by atoms with E-state index in [0.29, 0.717) is 0 Å². The molecule has 1 rings (SSSR count). The van der Waals surface area contributed by atoms with Crippen LogP contribution in [-0.2, 0) is 9.84 Å². The second kappa shape index (κ2) is 2.36. The van der Waals surface area contributed by atoms with Crippen molar-refractivity contribution in [3.63, 3.8) is 0 Å². The number of quaternary nitrogens is 1. The van der Waals surface area contributed by atoms with E-state index in [1.165, 1.54) is 5.41 Å². The Labute approximate surface area is 61.3 Å². The maximum atomic E-state index is 10.8. The summed E-state index contributed by atoms with van der Waals surface area (Å²) in [5, 5.41) is 1.31. The van der Waals surface area contributed by atoms with Gasteiger partial charge in [0.1, 0.15) is 11.8 Å². The number of hydrogen-bond donors (Lipinski definition) is 1. The summed E-state index contributed by atoms with van der Waals surface area (Å²) in [6, 6.07) is 0.157. The predicted molar refractivity (Wildman–Crippen MR) is 39.5 cm³/mol. The molecule has 1 atom stereocenters. The summed E-state index contributed by atoms with van der Waals surface area (Å²) in [6.07, 6.45) is 1.75. The van der Waals surface area contributed by atoms with Gasteiger partial charge in [-0.15, -0.1) is 0 Å². The fourth-order valence-electron chi connectivity index (χ4n) is 0.935. The van der Waals surface area contributed by atoms with Crippen molar-refractivity contribution >= 4 is 9.84 Å². The SMILES string of the molecule is C[NH+](C)C1C=CS(=O)(=O)C1. The lowest BCUT2D eigenvalue weighted by Crippen LogP contribution is -3.10. The van der Waals surface area contributed by atoms with E-state index in [4.69, 9.17) is 0 Å². The third kappa shape index (κ3) is 1.58. The Bertz CT molecular complexity index is 240. The lowest BCUT2D eigenvalue weighted by molar-refractivity contribution is -0.875. The van der Waals surface area contributed by atoms with Crippen LogP contribution in [0.25, 0.3) is 0 Å². The van der Waals surface area contributed by atoms with Crippen molar-refractivity contribution in [3.05, 3.63) is 11.5 Å². The fourth-order valence-corrected chi connectivity index (χ4v) is 2.42. The van der Waals surface area contributed by atoms with Crippen LogP contribution in [0.5, 0.6) is 0 Å². The van der Waals surface area contributed by atoms with E-state index in [1.54, 1.807) is 6.08 Å². The van der Waals surface area contributed by atoms with Crippen LogP contribution in [0.3, 0.4) is 0 Å². The standard InChI is InChI=1S/C6H11NO2S/c1-7(2)6-3-4-10(8,9)5-6/h3-4,6H,5H2,1-2H3/p+1. The van der Waals surface area contributed by atoms with Gasteiger partial charge in [0, 0.05) is 5.41 Å². The number of nitrogens with one attached hydrogen (secondary N) is 1. The van der Waals surface area contributed by atoms with E-state index >= 15 is 0 Å². The van der Waals surface area contributed by atoms with E-state index < -0.39 is 9.84 Å². The molecule has 0 saturated carbocycles. The van der Waals surface area contributed by atoms with Gasteiger partial charge in [0.2, 0.25) is 0 Å². The minimum atomic E-state index is -2.84. The molecule has 0 saturated heterocycles. The van der Waals surface area contributed by atoms with E-state index in [1.807, 2.05) is 14.1 Å². The zero-order valence-electron chi connectivity index (χ0n) is 6.16. The topological polar surface area (TPSA) is 38.6 Å². The Balaban J connectivity index is 2.72. The number of likely N-dealkylation sites (N-methyl/N-ethyl adjacent to an activating group) is 1. The average molecular weight is 162 g/mol. The molecule has 58 valence electrons. The molecule has 1 unspecified atom stereocenters. The Morgan fingerprint density at radius 2 is 2.10 bits per heavy atom. The molecule has 10 heavy (non-hydrogen) atoms. The molecule has 0 aromatic heterocycles. The Morgan fingerprint density at radius 3 is 2.30 bits per heavy atom. The first-order valence-corrected chi connectivity index (χ1v) is 4.94. The number of rotatable bonds is 1. The molecular weight excluding hydrogens is 150 g/mol. The first-order chi connectivity index (χ1) is 4.51. The van der Waals surface area contributed by atoms with Crippen LogP contribution in [0.2, 0.25) is 0 Å². The van der Waals surface area contributed by atoms with Gasteiger partial charge in [-0.2, -0.15) is 0 Å². The number of hydrogen-bond acceptors (Lipinski definition) is 2. The average Bonchev–Trinajstić information content (AvgIpc) is 2.10. The van der Waals surface area contributed by atoms with Crippen LogP contribution in [0.15, 0.2) is 11.5 Å².